The quantitative estimate of drug-likeness (QED) is 0.800. The van der Waals surface area contributed by atoms with Crippen LogP contribution in [0.15, 0.2) is 46.4 Å². The maximum atomic E-state index is 11.8. The van der Waals surface area contributed by atoms with Crippen molar-refractivity contribution in [3.63, 3.8) is 0 Å². The van der Waals surface area contributed by atoms with Crippen molar-refractivity contribution in [1.82, 2.24) is 10.3 Å². The van der Waals surface area contributed by atoms with Crippen LogP contribution in [-0.4, -0.2) is 27.1 Å². The molecular formula is C16H14N2O4S. The first-order valence-electron chi connectivity index (χ1n) is 6.88. The fourth-order valence-electron chi connectivity index (χ4n) is 3.00. The number of hydrogen-bond donors (Lipinski definition) is 3. The molecule has 0 spiro atoms. The Kier molecular flexibility index (Phi) is 3.65. The number of carbonyl (C=O) groups is 2. The summed E-state index contributed by atoms with van der Waals surface area (Å²) < 4.78 is 0.894. The topological polar surface area (TPSA) is 99.5 Å². The number of carboxylic acids is 2. The molecular weight excluding hydrogens is 316 g/mol. The lowest BCUT2D eigenvalue weighted by atomic mass is 9.80. The number of aromatic nitrogens is 1. The van der Waals surface area contributed by atoms with Crippen LogP contribution in [0.3, 0.4) is 0 Å². The Bertz CT molecular complexity index is 858. The van der Waals surface area contributed by atoms with Crippen molar-refractivity contribution in [2.24, 2.45) is 0 Å². The summed E-state index contributed by atoms with van der Waals surface area (Å²) in [5, 5.41) is 24.7. The van der Waals surface area contributed by atoms with E-state index in [0.717, 1.165) is 10.1 Å². The second-order valence-electron chi connectivity index (χ2n) is 5.31. The van der Waals surface area contributed by atoms with Gasteiger partial charge in [0.2, 0.25) is 0 Å². The van der Waals surface area contributed by atoms with E-state index in [4.69, 9.17) is 0 Å². The van der Waals surface area contributed by atoms with E-state index in [0.29, 0.717) is 17.0 Å². The van der Waals surface area contributed by atoms with Crippen molar-refractivity contribution in [2.45, 2.75) is 19.8 Å². The third-order valence-corrected chi connectivity index (χ3v) is 4.89. The zero-order valence-electron chi connectivity index (χ0n) is 12.5. The van der Waals surface area contributed by atoms with Gasteiger partial charge in [-0.15, -0.1) is 11.3 Å². The molecule has 0 unspecified atom stereocenters. The molecule has 2 aromatic heterocycles. The second-order valence-corrected chi connectivity index (χ2v) is 6.22. The van der Waals surface area contributed by atoms with E-state index in [-0.39, 0.29) is 11.1 Å². The smallest absolute Gasteiger partial charge is 0.334 e. The van der Waals surface area contributed by atoms with E-state index in [1.54, 1.807) is 32.3 Å². The summed E-state index contributed by atoms with van der Waals surface area (Å²) in [6.07, 6.45) is 3.31. The van der Waals surface area contributed by atoms with Gasteiger partial charge < -0.3 is 15.5 Å². The number of carboxylic acid groups (broad SMARTS) is 2. The summed E-state index contributed by atoms with van der Waals surface area (Å²) in [6.45, 7) is 3.30. The Morgan fingerprint density at radius 2 is 1.78 bits per heavy atom. The highest BCUT2D eigenvalue weighted by molar-refractivity contribution is 7.17. The third-order valence-electron chi connectivity index (χ3n) is 3.94. The molecule has 0 saturated carbocycles. The molecule has 1 aliphatic rings. The van der Waals surface area contributed by atoms with Crippen LogP contribution in [-0.2, 0) is 9.59 Å². The van der Waals surface area contributed by atoms with Crippen LogP contribution in [0.1, 0.15) is 25.3 Å². The Hall–Kier alpha value is -2.67. The zero-order valence-corrected chi connectivity index (χ0v) is 13.3. The Morgan fingerprint density at radius 1 is 1.17 bits per heavy atom. The third kappa shape index (κ3) is 2.39. The van der Waals surface area contributed by atoms with Gasteiger partial charge in [0.05, 0.1) is 21.8 Å². The summed E-state index contributed by atoms with van der Waals surface area (Å²) in [6, 6.07) is 1.78. The molecule has 0 fully saturated rings. The molecule has 23 heavy (non-hydrogen) atoms. The van der Waals surface area contributed by atoms with Gasteiger partial charge in [0.25, 0.3) is 0 Å². The SMILES string of the molecule is CC1=C(C(=O)O)C(c2csc3cnccc23)C(C(=O)O)=C(C)N1. The lowest BCUT2D eigenvalue weighted by Gasteiger charge is -2.28. The minimum absolute atomic E-state index is 0.0597. The van der Waals surface area contributed by atoms with Gasteiger partial charge in [0.1, 0.15) is 0 Å². The van der Waals surface area contributed by atoms with E-state index >= 15 is 0 Å². The van der Waals surface area contributed by atoms with Gasteiger partial charge >= 0.3 is 11.9 Å². The van der Waals surface area contributed by atoms with Crippen molar-refractivity contribution < 1.29 is 19.8 Å². The summed E-state index contributed by atoms with van der Waals surface area (Å²) in [4.78, 5) is 27.6. The number of nitrogens with one attached hydrogen (secondary N) is 1. The number of dihydropyridines is 1. The van der Waals surface area contributed by atoms with Crippen LogP contribution >= 0.6 is 11.3 Å². The molecule has 2 aromatic rings. The molecule has 0 aliphatic carbocycles. The monoisotopic (exact) mass is 330 g/mol. The molecule has 3 heterocycles. The molecule has 0 bridgehead atoms. The Labute approximate surface area is 135 Å². The lowest BCUT2D eigenvalue weighted by molar-refractivity contribution is -0.133. The summed E-state index contributed by atoms with van der Waals surface area (Å²) in [7, 11) is 0. The standard InChI is InChI=1S/C16H14N2O4S/c1-7-12(15(19)20)14(13(16(21)22)8(2)18-7)10-6-23-11-5-17-4-3-9(10)11/h3-6,14,18H,1-2H3,(H,19,20)(H,21,22). The number of allylic oxidation sites excluding steroid dienone is 2. The van der Waals surface area contributed by atoms with E-state index < -0.39 is 17.9 Å². The van der Waals surface area contributed by atoms with Gasteiger partial charge in [-0.2, -0.15) is 0 Å². The van der Waals surface area contributed by atoms with Crippen molar-refractivity contribution in [1.29, 1.82) is 0 Å². The number of pyridine rings is 1. The van der Waals surface area contributed by atoms with Crippen LogP contribution < -0.4 is 5.32 Å². The van der Waals surface area contributed by atoms with Gasteiger partial charge in [-0.3, -0.25) is 4.98 Å². The van der Waals surface area contributed by atoms with Crippen LogP contribution in [0.25, 0.3) is 10.1 Å². The maximum Gasteiger partial charge on any atom is 0.334 e. The number of thiophene rings is 1. The van der Waals surface area contributed by atoms with Gasteiger partial charge in [-0.25, -0.2) is 9.59 Å². The fraction of sp³-hybridized carbons (Fsp3) is 0.188. The van der Waals surface area contributed by atoms with Gasteiger partial charge in [-0.05, 0) is 36.2 Å². The Morgan fingerprint density at radius 3 is 2.35 bits per heavy atom. The highest BCUT2D eigenvalue weighted by Crippen LogP contribution is 2.42. The van der Waals surface area contributed by atoms with E-state index in [9.17, 15) is 19.8 Å². The predicted octanol–water partition coefficient (Wildman–Crippen LogP) is 2.70. The molecule has 3 N–H and O–H groups in total. The van der Waals surface area contributed by atoms with Crippen LogP contribution in [0.2, 0.25) is 0 Å². The minimum Gasteiger partial charge on any atom is -0.478 e. The molecule has 118 valence electrons. The molecule has 0 atom stereocenters. The minimum atomic E-state index is -1.13. The predicted molar refractivity (Wildman–Crippen MR) is 86.2 cm³/mol. The molecule has 7 heteroatoms. The van der Waals surface area contributed by atoms with E-state index in [1.165, 1.54) is 11.3 Å². The normalized spacial score (nSPS) is 15.9. The molecule has 3 rings (SSSR count). The highest BCUT2D eigenvalue weighted by atomic mass is 32.1. The first-order valence-corrected chi connectivity index (χ1v) is 7.76. The first-order chi connectivity index (χ1) is 10.9. The van der Waals surface area contributed by atoms with Crippen molar-refractivity contribution in [2.75, 3.05) is 0 Å². The zero-order chi connectivity index (χ0) is 16.7. The second kappa shape index (κ2) is 5.51. The molecule has 1 aliphatic heterocycles. The van der Waals surface area contributed by atoms with Gasteiger partial charge in [0, 0.05) is 23.8 Å². The number of fused-ring (bicyclic) bond motifs is 1. The number of hydrogen-bond acceptors (Lipinski definition) is 5. The highest BCUT2D eigenvalue weighted by Gasteiger charge is 2.37. The van der Waals surface area contributed by atoms with Crippen LogP contribution in [0, 0.1) is 0 Å². The molecule has 0 amide bonds. The van der Waals surface area contributed by atoms with Gasteiger partial charge in [0.15, 0.2) is 0 Å². The van der Waals surface area contributed by atoms with Gasteiger partial charge in [-0.1, -0.05) is 0 Å². The lowest BCUT2D eigenvalue weighted by Crippen LogP contribution is -2.30. The van der Waals surface area contributed by atoms with Crippen LogP contribution in [0.5, 0.6) is 0 Å². The van der Waals surface area contributed by atoms with Crippen molar-refractivity contribution in [3.05, 3.63) is 51.9 Å². The van der Waals surface area contributed by atoms with E-state index in [2.05, 4.69) is 10.3 Å². The number of nitrogens with zero attached hydrogens (tertiary/aromatic N) is 1. The summed E-state index contributed by atoms with van der Waals surface area (Å²) in [5.41, 5.74) is 1.72. The average Bonchev–Trinajstić information content (AvgIpc) is 2.89. The fourth-order valence-corrected chi connectivity index (χ4v) is 3.95. The molecule has 0 saturated heterocycles. The number of rotatable bonds is 3. The Balaban J connectivity index is 2.31. The first kappa shape index (κ1) is 15.2. The molecule has 0 aromatic carbocycles. The van der Waals surface area contributed by atoms with Crippen LogP contribution in [0.4, 0.5) is 0 Å². The summed E-state index contributed by atoms with van der Waals surface area (Å²) in [5.74, 6) is -3.07. The molecule has 6 nitrogen and oxygen atoms in total. The van der Waals surface area contributed by atoms with Crippen molar-refractivity contribution in [3.8, 4) is 0 Å². The average molecular weight is 330 g/mol. The van der Waals surface area contributed by atoms with E-state index in [1.807, 2.05) is 5.38 Å². The molecule has 0 radical (unpaired) electrons. The number of aliphatic carboxylic acids is 2. The maximum absolute atomic E-state index is 11.8. The largest absolute Gasteiger partial charge is 0.478 e. The summed E-state index contributed by atoms with van der Waals surface area (Å²) >= 11 is 1.42. The van der Waals surface area contributed by atoms with Crippen molar-refractivity contribution >= 4 is 33.4 Å².